The summed E-state index contributed by atoms with van der Waals surface area (Å²) >= 11 is 0. The van der Waals surface area contributed by atoms with Gasteiger partial charge in [0, 0.05) is 26.2 Å². The van der Waals surface area contributed by atoms with E-state index in [1.165, 1.54) is 10.9 Å². The van der Waals surface area contributed by atoms with Gasteiger partial charge in [-0.15, -0.1) is 0 Å². The molecule has 1 aromatic rings. The highest BCUT2D eigenvalue weighted by Crippen LogP contribution is 2.02. The zero-order valence-electron chi connectivity index (χ0n) is 9.25. The fourth-order valence-corrected chi connectivity index (χ4v) is 1.11. The van der Waals surface area contributed by atoms with Crippen LogP contribution >= 0.6 is 0 Å². The molecule has 8 heteroatoms. The number of aryl methyl sites for hydroxylation is 1. The van der Waals surface area contributed by atoms with Crippen molar-refractivity contribution < 1.29 is 19.8 Å². The summed E-state index contributed by atoms with van der Waals surface area (Å²) in [4.78, 5) is 21.6. The Morgan fingerprint density at radius 3 is 2.82 bits per heavy atom. The van der Waals surface area contributed by atoms with Gasteiger partial charge in [0.2, 0.25) is 0 Å². The van der Waals surface area contributed by atoms with E-state index in [-0.39, 0.29) is 13.0 Å². The average Bonchev–Trinajstić information content (AvgIpc) is 2.63. The van der Waals surface area contributed by atoms with Crippen molar-refractivity contribution in [2.24, 2.45) is 7.05 Å². The number of rotatable bonds is 5. The zero-order chi connectivity index (χ0) is 12.8. The van der Waals surface area contributed by atoms with E-state index in [9.17, 15) is 9.59 Å². The Labute approximate surface area is 97.2 Å². The maximum atomic E-state index is 11.3. The van der Waals surface area contributed by atoms with Crippen molar-refractivity contribution >= 4 is 17.7 Å². The minimum atomic E-state index is -1.46. The quantitative estimate of drug-likeness (QED) is 0.549. The first-order valence-corrected chi connectivity index (χ1v) is 4.93. The van der Waals surface area contributed by atoms with Crippen molar-refractivity contribution in [2.75, 3.05) is 11.9 Å². The summed E-state index contributed by atoms with van der Waals surface area (Å²) < 4.78 is 1.53. The molecular formula is C9H14N4O4. The Bertz CT molecular complexity index is 403. The highest BCUT2D eigenvalue weighted by atomic mass is 16.4. The van der Waals surface area contributed by atoms with Gasteiger partial charge in [0.25, 0.3) is 0 Å². The largest absolute Gasteiger partial charge is 0.479 e. The summed E-state index contributed by atoms with van der Waals surface area (Å²) in [5, 5.41) is 26.1. The van der Waals surface area contributed by atoms with Crippen molar-refractivity contribution in [2.45, 2.75) is 12.5 Å². The minimum Gasteiger partial charge on any atom is -0.479 e. The number of aliphatic hydroxyl groups is 1. The molecule has 0 bridgehead atoms. The van der Waals surface area contributed by atoms with Gasteiger partial charge in [-0.25, -0.2) is 9.59 Å². The first-order chi connectivity index (χ1) is 7.99. The van der Waals surface area contributed by atoms with Crippen molar-refractivity contribution in [3.05, 3.63) is 12.4 Å². The van der Waals surface area contributed by atoms with Gasteiger partial charge in [-0.3, -0.25) is 4.68 Å². The molecule has 8 nitrogen and oxygen atoms in total. The number of aliphatic hydroxyl groups excluding tert-OH is 1. The summed E-state index contributed by atoms with van der Waals surface area (Å²) in [6.07, 6.45) is 1.58. The van der Waals surface area contributed by atoms with Crippen LogP contribution in [0.15, 0.2) is 12.4 Å². The van der Waals surface area contributed by atoms with Crippen LogP contribution < -0.4 is 10.6 Å². The lowest BCUT2D eigenvalue weighted by Crippen LogP contribution is -2.32. The van der Waals surface area contributed by atoms with Crippen molar-refractivity contribution in [1.82, 2.24) is 15.1 Å². The SMILES string of the molecule is Cn1cc(NC(=O)NCCC(O)C(=O)O)cn1. The van der Waals surface area contributed by atoms with Crippen LogP contribution in [-0.4, -0.2) is 44.6 Å². The average molecular weight is 242 g/mol. The number of carboxylic acids is 1. The van der Waals surface area contributed by atoms with E-state index in [1.54, 1.807) is 13.2 Å². The van der Waals surface area contributed by atoms with E-state index in [0.29, 0.717) is 5.69 Å². The van der Waals surface area contributed by atoms with Crippen molar-refractivity contribution in [3.63, 3.8) is 0 Å². The lowest BCUT2D eigenvalue weighted by atomic mass is 10.2. The van der Waals surface area contributed by atoms with Crippen LogP contribution in [0.4, 0.5) is 10.5 Å². The van der Waals surface area contributed by atoms with Crippen LogP contribution in [0, 0.1) is 0 Å². The molecule has 0 spiro atoms. The van der Waals surface area contributed by atoms with E-state index in [1.807, 2.05) is 0 Å². The van der Waals surface area contributed by atoms with E-state index < -0.39 is 18.1 Å². The number of carboxylic acid groups (broad SMARTS) is 1. The number of carbonyl (C=O) groups excluding carboxylic acids is 1. The van der Waals surface area contributed by atoms with Gasteiger partial charge >= 0.3 is 12.0 Å². The first-order valence-electron chi connectivity index (χ1n) is 4.93. The predicted octanol–water partition coefficient (Wildman–Crippen LogP) is -0.623. The molecule has 1 heterocycles. The van der Waals surface area contributed by atoms with Crippen LogP contribution in [0.3, 0.4) is 0 Å². The second-order valence-corrected chi connectivity index (χ2v) is 3.43. The topological polar surface area (TPSA) is 116 Å². The number of carbonyl (C=O) groups is 2. The Hall–Kier alpha value is -2.09. The molecule has 1 atom stereocenters. The molecule has 0 saturated heterocycles. The van der Waals surface area contributed by atoms with Gasteiger partial charge in [0.15, 0.2) is 6.10 Å². The molecule has 0 aromatic carbocycles. The number of nitrogens with one attached hydrogen (secondary N) is 2. The molecule has 94 valence electrons. The molecule has 0 aliphatic rings. The molecule has 1 aromatic heterocycles. The minimum absolute atomic E-state index is 0.0458. The lowest BCUT2D eigenvalue weighted by Gasteiger charge is -2.07. The molecule has 1 rings (SSSR count). The monoisotopic (exact) mass is 242 g/mol. The summed E-state index contributed by atoms with van der Waals surface area (Å²) in [5.74, 6) is -1.31. The van der Waals surface area contributed by atoms with Gasteiger partial charge < -0.3 is 20.8 Å². The maximum absolute atomic E-state index is 11.3. The number of nitrogens with zero attached hydrogens (tertiary/aromatic N) is 2. The van der Waals surface area contributed by atoms with E-state index >= 15 is 0 Å². The fraction of sp³-hybridized carbons (Fsp3) is 0.444. The second-order valence-electron chi connectivity index (χ2n) is 3.43. The molecular weight excluding hydrogens is 228 g/mol. The highest BCUT2D eigenvalue weighted by molar-refractivity contribution is 5.88. The van der Waals surface area contributed by atoms with Crippen LogP contribution in [0.25, 0.3) is 0 Å². The van der Waals surface area contributed by atoms with E-state index in [0.717, 1.165) is 0 Å². The summed E-state index contributed by atoms with van der Waals surface area (Å²) in [6, 6.07) is -0.476. The predicted molar refractivity (Wildman–Crippen MR) is 58.5 cm³/mol. The molecule has 0 radical (unpaired) electrons. The summed E-state index contributed by atoms with van der Waals surface area (Å²) in [7, 11) is 1.71. The maximum Gasteiger partial charge on any atom is 0.332 e. The number of hydrogen-bond donors (Lipinski definition) is 4. The van der Waals surface area contributed by atoms with Crippen LogP contribution in [0.1, 0.15) is 6.42 Å². The number of aromatic nitrogens is 2. The van der Waals surface area contributed by atoms with Gasteiger partial charge in [0.1, 0.15) is 0 Å². The summed E-state index contributed by atoms with van der Waals surface area (Å²) in [5.41, 5.74) is 0.531. The molecule has 1 unspecified atom stereocenters. The van der Waals surface area contributed by atoms with Crippen LogP contribution in [-0.2, 0) is 11.8 Å². The highest BCUT2D eigenvalue weighted by Gasteiger charge is 2.12. The number of amides is 2. The molecule has 0 aliphatic carbocycles. The summed E-state index contributed by atoms with van der Waals surface area (Å²) in [6.45, 7) is 0.0690. The van der Waals surface area contributed by atoms with Crippen molar-refractivity contribution in [1.29, 1.82) is 0 Å². The van der Waals surface area contributed by atoms with Crippen LogP contribution in [0.2, 0.25) is 0 Å². The van der Waals surface area contributed by atoms with Gasteiger partial charge in [0.05, 0.1) is 11.9 Å². The number of anilines is 1. The molecule has 0 aliphatic heterocycles. The van der Waals surface area contributed by atoms with Gasteiger partial charge in [-0.1, -0.05) is 0 Å². The molecule has 0 saturated carbocycles. The fourth-order valence-electron chi connectivity index (χ4n) is 1.11. The van der Waals surface area contributed by atoms with E-state index in [4.69, 9.17) is 10.2 Å². The number of urea groups is 1. The van der Waals surface area contributed by atoms with Gasteiger partial charge in [-0.05, 0) is 0 Å². The molecule has 4 N–H and O–H groups in total. The Balaban J connectivity index is 2.24. The smallest absolute Gasteiger partial charge is 0.332 e. The normalized spacial score (nSPS) is 11.9. The second kappa shape index (κ2) is 5.85. The Morgan fingerprint density at radius 1 is 1.59 bits per heavy atom. The third-order valence-corrected chi connectivity index (χ3v) is 1.95. The Kier molecular flexibility index (Phi) is 4.46. The van der Waals surface area contributed by atoms with E-state index in [2.05, 4.69) is 15.7 Å². The first kappa shape index (κ1) is 13.0. The molecule has 0 fully saturated rings. The number of aliphatic carboxylic acids is 1. The standard InChI is InChI=1S/C9H14N4O4/c1-13-5-6(4-11-13)12-9(17)10-3-2-7(14)8(15)16/h4-5,7,14H,2-3H2,1H3,(H,15,16)(H2,10,12,17). The Morgan fingerprint density at radius 2 is 2.29 bits per heavy atom. The zero-order valence-corrected chi connectivity index (χ0v) is 9.25. The third-order valence-electron chi connectivity index (χ3n) is 1.95. The third kappa shape index (κ3) is 4.51. The molecule has 2 amide bonds. The van der Waals surface area contributed by atoms with Gasteiger partial charge in [-0.2, -0.15) is 5.10 Å². The number of hydrogen-bond acceptors (Lipinski definition) is 4. The van der Waals surface area contributed by atoms with Crippen molar-refractivity contribution in [3.8, 4) is 0 Å². The van der Waals surface area contributed by atoms with Crippen LogP contribution in [0.5, 0.6) is 0 Å². The molecule has 17 heavy (non-hydrogen) atoms. The lowest BCUT2D eigenvalue weighted by molar-refractivity contribution is -0.146.